The van der Waals surface area contributed by atoms with Crippen molar-refractivity contribution in [2.75, 3.05) is 19.7 Å². The van der Waals surface area contributed by atoms with E-state index in [-0.39, 0.29) is 18.1 Å². The Kier molecular flexibility index (Phi) is 5.22. The van der Waals surface area contributed by atoms with E-state index in [1.54, 1.807) is 16.2 Å². The first-order valence-electron chi connectivity index (χ1n) is 7.52. The Hall–Kier alpha value is -1.14. The Morgan fingerprint density at radius 1 is 1.52 bits per heavy atom. The van der Waals surface area contributed by atoms with Crippen LogP contribution in [0.1, 0.15) is 44.3 Å². The van der Waals surface area contributed by atoms with E-state index in [0.29, 0.717) is 19.1 Å². The van der Waals surface area contributed by atoms with Crippen LogP contribution in [-0.2, 0) is 11.8 Å². The second-order valence-corrected chi connectivity index (χ2v) is 7.45. The van der Waals surface area contributed by atoms with Crippen molar-refractivity contribution in [3.05, 3.63) is 16.1 Å². The van der Waals surface area contributed by atoms with Crippen LogP contribution >= 0.6 is 11.3 Å². The number of urea groups is 1. The van der Waals surface area contributed by atoms with Gasteiger partial charge in [0.15, 0.2) is 0 Å². The Balaban J connectivity index is 1.78. The zero-order chi connectivity index (χ0) is 15.5. The first-order valence-corrected chi connectivity index (χ1v) is 8.40. The van der Waals surface area contributed by atoms with Gasteiger partial charge in [-0.1, -0.05) is 20.8 Å². The van der Waals surface area contributed by atoms with Crippen molar-refractivity contribution in [2.24, 2.45) is 0 Å². The molecule has 1 aromatic heterocycles. The third-order valence-electron chi connectivity index (χ3n) is 3.52. The van der Waals surface area contributed by atoms with Crippen LogP contribution in [0.2, 0.25) is 0 Å². The summed E-state index contributed by atoms with van der Waals surface area (Å²) in [6.07, 6.45) is 2.85. The summed E-state index contributed by atoms with van der Waals surface area (Å²) in [5.41, 5.74) is 1.18. The highest BCUT2D eigenvalue weighted by Gasteiger charge is 2.31. The minimum Gasteiger partial charge on any atom is -0.395 e. The van der Waals surface area contributed by atoms with Crippen LogP contribution in [-0.4, -0.2) is 46.8 Å². The predicted octanol–water partition coefficient (Wildman–Crippen LogP) is 2.15. The van der Waals surface area contributed by atoms with Gasteiger partial charge < -0.3 is 15.3 Å². The van der Waals surface area contributed by atoms with E-state index in [2.05, 4.69) is 36.5 Å². The largest absolute Gasteiger partial charge is 0.395 e. The molecule has 0 bridgehead atoms. The number of carbonyl (C=O) groups excluding carboxylic acids is 1. The van der Waals surface area contributed by atoms with Crippen LogP contribution in [0.4, 0.5) is 4.79 Å². The van der Waals surface area contributed by atoms with Crippen LogP contribution in [0.25, 0.3) is 0 Å². The zero-order valence-electron chi connectivity index (χ0n) is 13.1. The molecule has 5 nitrogen and oxygen atoms in total. The molecule has 0 aliphatic heterocycles. The molecule has 0 atom stereocenters. The molecule has 1 aliphatic rings. The molecule has 1 aromatic rings. The number of aliphatic hydroxyl groups excluding tert-OH is 1. The van der Waals surface area contributed by atoms with Gasteiger partial charge in [-0.3, -0.25) is 0 Å². The zero-order valence-corrected chi connectivity index (χ0v) is 13.9. The molecular formula is C15H25N3O2S. The van der Waals surface area contributed by atoms with Gasteiger partial charge in [-0.25, -0.2) is 9.78 Å². The van der Waals surface area contributed by atoms with Gasteiger partial charge >= 0.3 is 6.03 Å². The average Bonchev–Trinajstić information content (AvgIpc) is 3.12. The highest BCUT2D eigenvalue weighted by Crippen LogP contribution is 2.26. The van der Waals surface area contributed by atoms with Crippen molar-refractivity contribution in [1.29, 1.82) is 0 Å². The molecule has 118 valence electrons. The number of aromatic nitrogens is 1. The van der Waals surface area contributed by atoms with Gasteiger partial charge in [-0.05, 0) is 12.8 Å². The summed E-state index contributed by atoms with van der Waals surface area (Å²) in [5.74, 6) is 0. The lowest BCUT2D eigenvalue weighted by Gasteiger charge is -2.21. The topological polar surface area (TPSA) is 65.5 Å². The number of nitrogens with one attached hydrogen (secondary N) is 1. The molecule has 21 heavy (non-hydrogen) atoms. The minimum absolute atomic E-state index is 0.0192. The van der Waals surface area contributed by atoms with Gasteiger partial charge in [0.25, 0.3) is 0 Å². The number of aliphatic hydroxyl groups is 1. The van der Waals surface area contributed by atoms with Gasteiger partial charge in [0.2, 0.25) is 0 Å². The molecule has 0 saturated heterocycles. The molecule has 1 saturated carbocycles. The predicted molar refractivity (Wildman–Crippen MR) is 84.7 cm³/mol. The lowest BCUT2D eigenvalue weighted by molar-refractivity contribution is 0.174. The Morgan fingerprint density at radius 3 is 2.76 bits per heavy atom. The van der Waals surface area contributed by atoms with Crippen LogP contribution in [0.5, 0.6) is 0 Å². The minimum atomic E-state index is -0.0702. The normalized spacial score (nSPS) is 15.0. The summed E-state index contributed by atoms with van der Waals surface area (Å²) in [7, 11) is 0. The van der Waals surface area contributed by atoms with Gasteiger partial charge in [0, 0.05) is 36.3 Å². The molecule has 1 aliphatic carbocycles. The number of thiazole rings is 1. The van der Waals surface area contributed by atoms with Crippen molar-refractivity contribution in [2.45, 2.75) is 51.5 Å². The van der Waals surface area contributed by atoms with E-state index in [1.165, 1.54) is 0 Å². The van der Waals surface area contributed by atoms with Crippen LogP contribution in [0, 0.1) is 0 Å². The molecule has 0 unspecified atom stereocenters. The fourth-order valence-corrected chi connectivity index (χ4v) is 3.12. The van der Waals surface area contributed by atoms with Crippen LogP contribution in [0.15, 0.2) is 5.38 Å². The van der Waals surface area contributed by atoms with Crippen LogP contribution < -0.4 is 5.32 Å². The fraction of sp³-hybridized carbons (Fsp3) is 0.733. The summed E-state index contributed by atoms with van der Waals surface area (Å²) < 4.78 is 0. The molecule has 0 spiro atoms. The summed E-state index contributed by atoms with van der Waals surface area (Å²) in [4.78, 5) is 18.4. The van der Waals surface area contributed by atoms with Gasteiger partial charge in [-0.2, -0.15) is 0 Å². The smallest absolute Gasteiger partial charge is 0.317 e. The van der Waals surface area contributed by atoms with Gasteiger partial charge in [0.1, 0.15) is 0 Å². The van der Waals surface area contributed by atoms with Crippen molar-refractivity contribution >= 4 is 17.4 Å². The number of nitrogens with zero attached hydrogens (tertiary/aromatic N) is 2. The average molecular weight is 311 g/mol. The highest BCUT2D eigenvalue weighted by molar-refractivity contribution is 7.09. The third-order valence-corrected chi connectivity index (χ3v) is 4.43. The molecule has 0 radical (unpaired) electrons. The quantitative estimate of drug-likeness (QED) is 0.846. The maximum Gasteiger partial charge on any atom is 0.317 e. The maximum atomic E-state index is 12.1. The first kappa shape index (κ1) is 16.2. The number of hydrogen-bond donors (Lipinski definition) is 2. The molecule has 0 aromatic carbocycles. The summed E-state index contributed by atoms with van der Waals surface area (Å²) in [5, 5.41) is 15.1. The maximum absolute atomic E-state index is 12.1. The molecule has 1 heterocycles. The van der Waals surface area contributed by atoms with E-state index in [1.807, 2.05) is 0 Å². The standard InChI is InChI=1S/C15H25N3O2S/c1-15(2,3)12-10-21-13(17-12)6-7-16-14(20)18(8-9-19)11-4-5-11/h10-11,19H,4-9H2,1-3H3,(H,16,20). The summed E-state index contributed by atoms with van der Waals surface area (Å²) >= 11 is 1.65. The molecule has 2 N–H and O–H groups in total. The van der Waals surface area contributed by atoms with Crippen molar-refractivity contribution in [3.8, 4) is 0 Å². The number of amides is 2. The van der Waals surface area contributed by atoms with Crippen molar-refractivity contribution in [3.63, 3.8) is 0 Å². The van der Waals surface area contributed by atoms with Crippen LogP contribution in [0.3, 0.4) is 0 Å². The van der Waals surface area contributed by atoms with Crippen molar-refractivity contribution in [1.82, 2.24) is 15.2 Å². The molecular weight excluding hydrogens is 286 g/mol. The van der Waals surface area contributed by atoms with E-state index < -0.39 is 0 Å². The number of rotatable bonds is 6. The van der Waals surface area contributed by atoms with E-state index >= 15 is 0 Å². The second-order valence-electron chi connectivity index (χ2n) is 6.51. The molecule has 2 rings (SSSR count). The molecule has 2 amide bonds. The van der Waals surface area contributed by atoms with E-state index in [0.717, 1.165) is 30.0 Å². The van der Waals surface area contributed by atoms with Gasteiger partial charge in [-0.15, -0.1) is 11.3 Å². The molecule has 1 fully saturated rings. The summed E-state index contributed by atoms with van der Waals surface area (Å²) in [6, 6.07) is 0.253. The Bertz CT molecular complexity index is 478. The van der Waals surface area contributed by atoms with Crippen molar-refractivity contribution < 1.29 is 9.90 Å². The van der Waals surface area contributed by atoms with E-state index in [9.17, 15) is 4.79 Å². The second kappa shape index (κ2) is 6.75. The Morgan fingerprint density at radius 2 is 2.24 bits per heavy atom. The fourth-order valence-electron chi connectivity index (χ4n) is 2.09. The lowest BCUT2D eigenvalue weighted by Crippen LogP contribution is -2.43. The Labute approximate surface area is 130 Å². The van der Waals surface area contributed by atoms with Gasteiger partial charge in [0.05, 0.1) is 17.3 Å². The first-order chi connectivity index (χ1) is 9.91. The lowest BCUT2D eigenvalue weighted by atomic mass is 9.93. The molecule has 6 heteroatoms. The monoisotopic (exact) mass is 311 g/mol. The van der Waals surface area contributed by atoms with E-state index in [4.69, 9.17) is 5.11 Å². The number of hydrogen-bond acceptors (Lipinski definition) is 4. The highest BCUT2D eigenvalue weighted by atomic mass is 32.1. The number of carbonyl (C=O) groups is 1. The summed E-state index contributed by atoms with van der Waals surface area (Å²) in [6.45, 7) is 7.47. The third kappa shape index (κ3) is 4.68. The SMILES string of the molecule is CC(C)(C)c1csc(CCNC(=O)N(CCO)C2CC2)n1.